The molecule has 1 aliphatic rings. The van der Waals surface area contributed by atoms with Gasteiger partial charge in [-0.1, -0.05) is 0 Å². The molecule has 0 atom stereocenters. The molecule has 0 aliphatic heterocycles. The first kappa shape index (κ1) is 11.3. The molecule has 0 radical (unpaired) electrons. The zero-order valence-corrected chi connectivity index (χ0v) is 11.0. The lowest BCUT2D eigenvalue weighted by atomic mass is 9.94. The van der Waals surface area contributed by atoms with Crippen molar-refractivity contribution in [3.63, 3.8) is 0 Å². The molecule has 2 N–H and O–H groups in total. The summed E-state index contributed by atoms with van der Waals surface area (Å²) in [6.45, 7) is 0. The smallest absolute Gasteiger partial charge is 0.335 e. The molecular formula is C15H13N3O2. The van der Waals surface area contributed by atoms with Gasteiger partial charge >= 0.3 is 5.97 Å². The van der Waals surface area contributed by atoms with Gasteiger partial charge in [0.1, 0.15) is 5.69 Å². The van der Waals surface area contributed by atoms with Gasteiger partial charge in [-0.2, -0.15) is 5.10 Å². The second kappa shape index (κ2) is 3.72. The van der Waals surface area contributed by atoms with E-state index in [9.17, 15) is 4.79 Å². The first-order valence-corrected chi connectivity index (χ1v) is 6.54. The molecule has 0 fully saturated rings. The number of fused-ring (bicyclic) bond motifs is 5. The zero-order chi connectivity index (χ0) is 13.9. The SMILES string of the molecule is Cn1cc2c(n1)-c1[nH]c3ccc(C(=O)O)cc3c1CC2. The Morgan fingerprint density at radius 1 is 1.40 bits per heavy atom. The van der Waals surface area contributed by atoms with Crippen molar-refractivity contribution in [1.29, 1.82) is 0 Å². The Labute approximate surface area is 114 Å². The first-order valence-electron chi connectivity index (χ1n) is 6.54. The molecular weight excluding hydrogens is 254 g/mol. The molecule has 0 saturated carbocycles. The van der Waals surface area contributed by atoms with Crippen molar-refractivity contribution in [3.8, 4) is 11.4 Å². The minimum absolute atomic E-state index is 0.325. The number of aromatic nitrogens is 3. The van der Waals surface area contributed by atoms with Gasteiger partial charge in [-0.05, 0) is 42.2 Å². The van der Waals surface area contributed by atoms with Crippen LogP contribution in [0.4, 0.5) is 0 Å². The van der Waals surface area contributed by atoms with E-state index in [0.717, 1.165) is 35.1 Å². The van der Waals surface area contributed by atoms with Crippen molar-refractivity contribution in [3.05, 3.63) is 41.1 Å². The number of rotatable bonds is 1. The molecule has 5 heteroatoms. The maximum Gasteiger partial charge on any atom is 0.335 e. The Bertz CT molecular complexity index is 858. The van der Waals surface area contributed by atoms with Crippen LogP contribution in [0.15, 0.2) is 24.4 Å². The summed E-state index contributed by atoms with van der Waals surface area (Å²) in [7, 11) is 1.92. The number of hydrogen-bond acceptors (Lipinski definition) is 2. The summed E-state index contributed by atoms with van der Waals surface area (Å²) < 4.78 is 1.83. The van der Waals surface area contributed by atoms with Crippen molar-refractivity contribution < 1.29 is 9.90 Å². The largest absolute Gasteiger partial charge is 0.478 e. The lowest BCUT2D eigenvalue weighted by Crippen LogP contribution is -2.01. The Balaban J connectivity index is 2.01. The molecule has 1 aliphatic carbocycles. The quantitative estimate of drug-likeness (QED) is 0.711. The van der Waals surface area contributed by atoms with Crippen LogP contribution in [-0.2, 0) is 19.9 Å². The molecule has 2 heterocycles. The Kier molecular flexibility index (Phi) is 2.10. The van der Waals surface area contributed by atoms with Crippen LogP contribution in [0.1, 0.15) is 21.5 Å². The molecule has 20 heavy (non-hydrogen) atoms. The fourth-order valence-corrected chi connectivity index (χ4v) is 3.03. The number of carboxylic acids is 1. The van der Waals surface area contributed by atoms with E-state index in [2.05, 4.69) is 10.1 Å². The predicted octanol–water partition coefficient (Wildman–Crippen LogP) is 2.37. The minimum Gasteiger partial charge on any atom is -0.478 e. The normalized spacial score (nSPS) is 13.2. The maximum atomic E-state index is 11.1. The number of benzene rings is 1. The summed E-state index contributed by atoms with van der Waals surface area (Å²) in [5, 5.41) is 14.6. The fraction of sp³-hybridized carbons (Fsp3) is 0.200. The average Bonchev–Trinajstić information content (AvgIpc) is 2.96. The summed E-state index contributed by atoms with van der Waals surface area (Å²) in [6, 6.07) is 5.21. The molecule has 0 unspecified atom stereocenters. The number of hydrogen-bond donors (Lipinski definition) is 2. The summed E-state index contributed by atoms with van der Waals surface area (Å²) in [5.74, 6) is -0.892. The van der Waals surface area contributed by atoms with Gasteiger partial charge in [-0.3, -0.25) is 4.68 Å². The van der Waals surface area contributed by atoms with Gasteiger partial charge in [0, 0.05) is 24.1 Å². The van der Waals surface area contributed by atoms with Gasteiger partial charge in [0.15, 0.2) is 0 Å². The highest BCUT2D eigenvalue weighted by molar-refractivity contribution is 5.97. The van der Waals surface area contributed by atoms with E-state index in [0.29, 0.717) is 5.56 Å². The van der Waals surface area contributed by atoms with Crippen LogP contribution in [0.5, 0.6) is 0 Å². The molecule has 100 valence electrons. The molecule has 2 aromatic heterocycles. The lowest BCUT2D eigenvalue weighted by Gasteiger charge is -2.10. The standard InChI is InChI=1S/C15H13N3O2/c1-18-7-9-2-4-10-11-6-8(15(19)20)3-5-12(11)16-14(10)13(9)17-18/h3,5-7,16H,2,4H2,1H3,(H,19,20). The highest BCUT2D eigenvalue weighted by Crippen LogP contribution is 2.36. The maximum absolute atomic E-state index is 11.1. The van der Waals surface area contributed by atoms with Crippen LogP contribution in [0.3, 0.4) is 0 Å². The van der Waals surface area contributed by atoms with Crippen LogP contribution < -0.4 is 0 Å². The lowest BCUT2D eigenvalue weighted by molar-refractivity contribution is 0.0697. The highest BCUT2D eigenvalue weighted by atomic mass is 16.4. The van der Waals surface area contributed by atoms with E-state index in [1.54, 1.807) is 12.1 Å². The Hall–Kier alpha value is -2.56. The third kappa shape index (κ3) is 1.43. The third-order valence-corrected chi connectivity index (χ3v) is 3.94. The number of carboxylic acid groups (broad SMARTS) is 1. The number of aromatic carboxylic acids is 1. The zero-order valence-electron chi connectivity index (χ0n) is 11.0. The van der Waals surface area contributed by atoms with Gasteiger partial charge in [-0.15, -0.1) is 0 Å². The number of aryl methyl sites for hydroxylation is 3. The molecule has 0 bridgehead atoms. The first-order chi connectivity index (χ1) is 9.63. The van der Waals surface area contributed by atoms with E-state index in [4.69, 9.17) is 5.11 Å². The summed E-state index contributed by atoms with van der Waals surface area (Å²) in [6.07, 6.45) is 3.91. The van der Waals surface area contributed by atoms with Crippen LogP contribution in [0.25, 0.3) is 22.3 Å². The van der Waals surface area contributed by atoms with Crippen molar-refractivity contribution in [1.82, 2.24) is 14.8 Å². The molecule has 3 aromatic rings. The third-order valence-electron chi connectivity index (χ3n) is 3.94. The van der Waals surface area contributed by atoms with Crippen LogP contribution in [-0.4, -0.2) is 25.8 Å². The number of nitrogens with one attached hydrogen (secondary N) is 1. The summed E-state index contributed by atoms with van der Waals surface area (Å²) >= 11 is 0. The predicted molar refractivity (Wildman–Crippen MR) is 74.9 cm³/mol. The average molecular weight is 267 g/mol. The van der Waals surface area contributed by atoms with E-state index in [1.165, 1.54) is 11.1 Å². The van der Waals surface area contributed by atoms with Crippen molar-refractivity contribution in [2.75, 3.05) is 0 Å². The van der Waals surface area contributed by atoms with E-state index in [-0.39, 0.29) is 0 Å². The van der Waals surface area contributed by atoms with Gasteiger partial charge < -0.3 is 10.1 Å². The molecule has 0 saturated heterocycles. The number of carbonyl (C=O) groups is 1. The second-order valence-corrected chi connectivity index (χ2v) is 5.22. The molecule has 4 rings (SSSR count). The number of aromatic amines is 1. The molecule has 1 aromatic carbocycles. The van der Waals surface area contributed by atoms with Crippen LogP contribution in [0, 0.1) is 0 Å². The molecule has 0 amide bonds. The highest BCUT2D eigenvalue weighted by Gasteiger charge is 2.23. The van der Waals surface area contributed by atoms with Crippen LogP contribution >= 0.6 is 0 Å². The Morgan fingerprint density at radius 3 is 3.05 bits per heavy atom. The van der Waals surface area contributed by atoms with Gasteiger partial charge in [0.2, 0.25) is 0 Å². The number of nitrogens with zero attached hydrogens (tertiary/aromatic N) is 2. The Morgan fingerprint density at radius 2 is 2.25 bits per heavy atom. The topological polar surface area (TPSA) is 70.9 Å². The minimum atomic E-state index is -0.892. The summed E-state index contributed by atoms with van der Waals surface area (Å²) in [4.78, 5) is 14.5. The van der Waals surface area contributed by atoms with Gasteiger partial charge in [0.25, 0.3) is 0 Å². The van der Waals surface area contributed by atoms with Crippen molar-refractivity contribution >= 4 is 16.9 Å². The van der Waals surface area contributed by atoms with E-state index in [1.807, 2.05) is 24.0 Å². The number of H-pyrrole nitrogens is 1. The van der Waals surface area contributed by atoms with Gasteiger partial charge in [0.05, 0.1) is 11.3 Å². The van der Waals surface area contributed by atoms with Crippen molar-refractivity contribution in [2.24, 2.45) is 7.05 Å². The van der Waals surface area contributed by atoms with Crippen molar-refractivity contribution in [2.45, 2.75) is 12.8 Å². The van der Waals surface area contributed by atoms with E-state index < -0.39 is 5.97 Å². The molecule has 0 spiro atoms. The van der Waals surface area contributed by atoms with Crippen LogP contribution in [0.2, 0.25) is 0 Å². The molecule has 5 nitrogen and oxygen atoms in total. The monoisotopic (exact) mass is 267 g/mol. The summed E-state index contributed by atoms with van der Waals surface area (Å²) in [5.41, 5.74) is 5.73. The second-order valence-electron chi connectivity index (χ2n) is 5.22. The fourth-order valence-electron chi connectivity index (χ4n) is 3.03. The van der Waals surface area contributed by atoms with E-state index >= 15 is 0 Å². The van der Waals surface area contributed by atoms with Gasteiger partial charge in [-0.25, -0.2) is 4.79 Å².